The lowest BCUT2D eigenvalue weighted by molar-refractivity contribution is -0.125. The van der Waals surface area contributed by atoms with Gasteiger partial charge in [-0.2, -0.15) is 0 Å². The SMILES string of the molecule is C/C(=C\[C@@H](C)[C@H](O)c1ccc(OCCO)cc1)C(=O)NO. The van der Waals surface area contributed by atoms with Crippen molar-refractivity contribution < 1.29 is 25.0 Å². The van der Waals surface area contributed by atoms with E-state index in [1.54, 1.807) is 49.7 Å². The second-order valence-corrected chi connectivity index (χ2v) is 4.74. The highest BCUT2D eigenvalue weighted by atomic mass is 16.5. The molecule has 4 N–H and O–H groups in total. The second-order valence-electron chi connectivity index (χ2n) is 4.74. The number of hydrogen-bond acceptors (Lipinski definition) is 5. The maximum Gasteiger partial charge on any atom is 0.269 e. The van der Waals surface area contributed by atoms with Gasteiger partial charge in [0.05, 0.1) is 12.7 Å². The van der Waals surface area contributed by atoms with Crippen LogP contribution in [-0.2, 0) is 4.79 Å². The molecule has 0 saturated heterocycles. The third-order valence-electron chi connectivity index (χ3n) is 3.05. The van der Waals surface area contributed by atoms with E-state index in [0.29, 0.717) is 16.9 Å². The standard InChI is InChI=1S/C15H21NO5/c1-10(9-11(2)15(19)16-20)14(18)12-3-5-13(6-4-12)21-8-7-17/h3-6,9-10,14,17-18,20H,7-8H2,1-2H3,(H,16,19)/b11-9+/t10-,14+/m1/s1. The normalized spacial score (nSPS) is 14.4. The molecule has 0 spiro atoms. The first-order valence-corrected chi connectivity index (χ1v) is 6.64. The van der Waals surface area contributed by atoms with Crippen LogP contribution in [0, 0.1) is 5.92 Å². The minimum Gasteiger partial charge on any atom is -0.491 e. The van der Waals surface area contributed by atoms with Gasteiger partial charge >= 0.3 is 0 Å². The number of hydrogen-bond donors (Lipinski definition) is 4. The molecule has 0 aliphatic carbocycles. The van der Waals surface area contributed by atoms with Crippen LogP contribution in [0.15, 0.2) is 35.9 Å². The topological polar surface area (TPSA) is 99.0 Å². The van der Waals surface area contributed by atoms with Gasteiger partial charge in [-0.05, 0) is 24.6 Å². The molecule has 0 heterocycles. The largest absolute Gasteiger partial charge is 0.491 e. The van der Waals surface area contributed by atoms with E-state index < -0.39 is 12.0 Å². The highest BCUT2D eigenvalue weighted by Crippen LogP contribution is 2.25. The van der Waals surface area contributed by atoms with Crippen molar-refractivity contribution in [1.29, 1.82) is 0 Å². The molecule has 1 aromatic carbocycles. The number of benzene rings is 1. The average molecular weight is 295 g/mol. The summed E-state index contributed by atoms with van der Waals surface area (Å²) in [6.07, 6.45) is 0.810. The van der Waals surface area contributed by atoms with E-state index in [9.17, 15) is 9.90 Å². The van der Waals surface area contributed by atoms with Gasteiger partial charge in [0.2, 0.25) is 0 Å². The smallest absolute Gasteiger partial charge is 0.269 e. The fourth-order valence-electron chi connectivity index (χ4n) is 1.88. The molecular formula is C15H21NO5. The van der Waals surface area contributed by atoms with E-state index in [1.807, 2.05) is 0 Å². The van der Waals surface area contributed by atoms with Gasteiger partial charge in [-0.1, -0.05) is 25.1 Å². The summed E-state index contributed by atoms with van der Waals surface area (Å²) >= 11 is 0. The quantitative estimate of drug-likeness (QED) is 0.344. The number of aliphatic hydroxyl groups is 2. The summed E-state index contributed by atoms with van der Waals surface area (Å²) in [6.45, 7) is 3.49. The van der Waals surface area contributed by atoms with Gasteiger partial charge in [0.1, 0.15) is 12.4 Å². The molecule has 1 rings (SSSR count). The van der Waals surface area contributed by atoms with Gasteiger partial charge in [-0.15, -0.1) is 0 Å². The minimum absolute atomic E-state index is 0.0571. The predicted molar refractivity (Wildman–Crippen MR) is 76.8 cm³/mol. The first-order chi connectivity index (χ1) is 9.99. The van der Waals surface area contributed by atoms with Gasteiger partial charge in [-0.3, -0.25) is 10.0 Å². The molecule has 21 heavy (non-hydrogen) atoms. The number of carbonyl (C=O) groups is 1. The summed E-state index contributed by atoms with van der Waals surface area (Å²) in [6, 6.07) is 6.86. The van der Waals surface area contributed by atoms with Crippen LogP contribution in [0.5, 0.6) is 5.75 Å². The highest BCUT2D eigenvalue weighted by molar-refractivity contribution is 5.91. The maximum atomic E-state index is 11.2. The van der Waals surface area contributed by atoms with Crippen LogP contribution in [0.3, 0.4) is 0 Å². The van der Waals surface area contributed by atoms with Gasteiger partial charge in [0.25, 0.3) is 5.91 Å². The fourth-order valence-corrected chi connectivity index (χ4v) is 1.88. The Balaban J connectivity index is 2.73. The van der Waals surface area contributed by atoms with Crippen molar-refractivity contribution >= 4 is 5.91 Å². The lowest BCUT2D eigenvalue weighted by Crippen LogP contribution is -2.20. The van der Waals surface area contributed by atoms with E-state index in [2.05, 4.69) is 0 Å². The zero-order valence-electron chi connectivity index (χ0n) is 12.1. The molecular weight excluding hydrogens is 274 g/mol. The van der Waals surface area contributed by atoms with E-state index in [0.717, 1.165) is 0 Å². The Morgan fingerprint density at radius 3 is 2.52 bits per heavy atom. The van der Waals surface area contributed by atoms with Crippen molar-refractivity contribution in [3.8, 4) is 5.75 Å². The predicted octanol–water partition coefficient (Wildman–Crippen LogP) is 1.18. The van der Waals surface area contributed by atoms with Crippen LogP contribution in [0.2, 0.25) is 0 Å². The summed E-state index contributed by atoms with van der Waals surface area (Å²) in [5, 5.41) is 27.5. The molecule has 6 heteroatoms. The van der Waals surface area contributed by atoms with Gasteiger partial charge in [-0.25, -0.2) is 5.48 Å². The van der Waals surface area contributed by atoms with E-state index >= 15 is 0 Å². The fraction of sp³-hybridized carbons (Fsp3) is 0.400. The number of amides is 1. The Kier molecular flexibility index (Phi) is 6.87. The highest BCUT2D eigenvalue weighted by Gasteiger charge is 2.16. The Hall–Kier alpha value is -1.89. The first kappa shape index (κ1) is 17.2. The molecule has 1 aromatic rings. The molecule has 0 fully saturated rings. The van der Waals surface area contributed by atoms with E-state index in [-0.39, 0.29) is 19.1 Å². The zero-order chi connectivity index (χ0) is 15.8. The summed E-state index contributed by atoms with van der Waals surface area (Å²) in [5.41, 5.74) is 2.56. The van der Waals surface area contributed by atoms with Gasteiger partial charge < -0.3 is 14.9 Å². The Morgan fingerprint density at radius 2 is 2.00 bits per heavy atom. The van der Waals surface area contributed by atoms with Crippen LogP contribution >= 0.6 is 0 Å². The van der Waals surface area contributed by atoms with Gasteiger partial charge in [0.15, 0.2) is 0 Å². The summed E-state index contributed by atoms with van der Waals surface area (Å²) in [7, 11) is 0. The number of nitrogens with one attached hydrogen (secondary N) is 1. The third-order valence-corrected chi connectivity index (χ3v) is 3.05. The lowest BCUT2D eigenvalue weighted by Gasteiger charge is -2.17. The summed E-state index contributed by atoms with van der Waals surface area (Å²) < 4.78 is 5.24. The van der Waals surface area contributed by atoms with Gasteiger partial charge in [0, 0.05) is 11.5 Å². The maximum absolute atomic E-state index is 11.2. The van der Waals surface area contributed by atoms with Crippen molar-refractivity contribution in [2.24, 2.45) is 5.92 Å². The molecule has 0 saturated carbocycles. The van der Waals surface area contributed by atoms with Crippen LogP contribution in [-0.4, -0.2) is 34.5 Å². The third kappa shape index (κ3) is 5.18. The van der Waals surface area contributed by atoms with E-state index in [1.165, 1.54) is 0 Å². The Bertz CT molecular complexity index is 483. The second kappa shape index (κ2) is 8.41. The number of aliphatic hydroxyl groups excluding tert-OH is 2. The van der Waals surface area contributed by atoms with Crippen molar-refractivity contribution in [2.75, 3.05) is 13.2 Å². The molecule has 0 unspecified atom stereocenters. The molecule has 2 atom stereocenters. The van der Waals surface area contributed by atoms with Crippen LogP contribution < -0.4 is 10.2 Å². The monoisotopic (exact) mass is 295 g/mol. The van der Waals surface area contributed by atoms with Crippen molar-refractivity contribution in [3.05, 3.63) is 41.5 Å². The molecule has 1 amide bonds. The average Bonchev–Trinajstić information content (AvgIpc) is 2.51. The first-order valence-electron chi connectivity index (χ1n) is 6.64. The zero-order valence-corrected chi connectivity index (χ0v) is 12.1. The number of hydroxylamine groups is 1. The Morgan fingerprint density at radius 1 is 1.38 bits per heavy atom. The lowest BCUT2D eigenvalue weighted by atomic mass is 9.95. The van der Waals surface area contributed by atoms with Crippen molar-refractivity contribution in [1.82, 2.24) is 5.48 Å². The Labute approximate surface area is 123 Å². The van der Waals surface area contributed by atoms with Crippen molar-refractivity contribution in [3.63, 3.8) is 0 Å². The number of ether oxygens (including phenoxy) is 1. The molecule has 0 aromatic heterocycles. The molecule has 0 aliphatic heterocycles. The molecule has 6 nitrogen and oxygen atoms in total. The number of carbonyl (C=O) groups excluding carboxylic acids is 1. The molecule has 0 radical (unpaired) electrons. The van der Waals surface area contributed by atoms with Crippen LogP contribution in [0.1, 0.15) is 25.5 Å². The molecule has 116 valence electrons. The molecule has 0 bridgehead atoms. The number of rotatable bonds is 7. The van der Waals surface area contributed by atoms with E-state index in [4.69, 9.17) is 15.1 Å². The van der Waals surface area contributed by atoms with Crippen LogP contribution in [0.4, 0.5) is 0 Å². The van der Waals surface area contributed by atoms with Crippen molar-refractivity contribution in [2.45, 2.75) is 20.0 Å². The minimum atomic E-state index is -0.779. The summed E-state index contributed by atoms with van der Waals surface area (Å²) in [4.78, 5) is 11.2. The summed E-state index contributed by atoms with van der Waals surface area (Å²) in [5.74, 6) is -0.285. The van der Waals surface area contributed by atoms with Crippen LogP contribution in [0.25, 0.3) is 0 Å². The molecule has 0 aliphatic rings.